The fourth-order valence-electron chi connectivity index (χ4n) is 2.56. The first-order valence-electron chi connectivity index (χ1n) is 6.32. The van der Waals surface area contributed by atoms with Gasteiger partial charge in [-0.25, -0.2) is 9.97 Å². The largest absolute Gasteiger partial charge is 0.351 e. The van der Waals surface area contributed by atoms with Gasteiger partial charge in [-0.2, -0.15) is 10.4 Å². The lowest BCUT2D eigenvalue weighted by atomic mass is 10.2. The molecule has 2 aromatic rings. The van der Waals surface area contributed by atoms with E-state index in [1.807, 2.05) is 10.7 Å². The molecule has 1 fully saturated rings. The fourth-order valence-corrected chi connectivity index (χ4v) is 2.56. The highest BCUT2D eigenvalue weighted by Crippen LogP contribution is 2.26. The van der Waals surface area contributed by atoms with E-state index < -0.39 is 0 Å². The second-order valence-corrected chi connectivity index (χ2v) is 4.59. The molecule has 0 amide bonds. The quantitative estimate of drug-likeness (QED) is 0.823. The van der Waals surface area contributed by atoms with E-state index in [0.29, 0.717) is 11.6 Å². The molecule has 0 unspecified atom stereocenters. The molecule has 96 valence electrons. The topological polar surface area (TPSA) is 70.6 Å². The van der Waals surface area contributed by atoms with E-state index in [1.54, 1.807) is 24.9 Å². The Labute approximate surface area is 111 Å². The van der Waals surface area contributed by atoms with Crippen LogP contribution in [0.1, 0.15) is 18.4 Å². The number of hydrogen-bond acceptors (Lipinski definition) is 5. The Morgan fingerprint density at radius 2 is 2.42 bits per heavy atom. The summed E-state index contributed by atoms with van der Waals surface area (Å²) >= 11 is 0. The van der Waals surface area contributed by atoms with Crippen molar-refractivity contribution < 1.29 is 0 Å². The van der Waals surface area contributed by atoms with Crippen molar-refractivity contribution in [3.05, 3.63) is 36.5 Å². The van der Waals surface area contributed by atoms with Gasteiger partial charge < -0.3 is 4.90 Å². The monoisotopic (exact) mass is 254 g/mol. The highest BCUT2D eigenvalue weighted by Gasteiger charge is 2.27. The molecule has 6 heteroatoms. The normalized spacial score (nSPS) is 18.5. The Hall–Kier alpha value is -2.42. The van der Waals surface area contributed by atoms with Crippen LogP contribution in [0.4, 0.5) is 5.82 Å². The van der Waals surface area contributed by atoms with Gasteiger partial charge in [0.05, 0.1) is 18.2 Å². The molecular formula is C13H14N6. The fraction of sp³-hybridized carbons (Fsp3) is 0.385. The van der Waals surface area contributed by atoms with Crippen LogP contribution in [-0.2, 0) is 6.54 Å². The summed E-state index contributed by atoms with van der Waals surface area (Å²) in [7, 11) is 0. The molecular weight excluding hydrogens is 240 g/mol. The lowest BCUT2D eigenvalue weighted by Crippen LogP contribution is -2.34. The van der Waals surface area contributed by atoms with Crippen LogP contribution in [0.2, 0.25) is 0 Å². The summed E-state index contributed by atoms with van der Waals surface area (Å²) in [4.78, 5) is 10.5. The SMILES string of the molecule is N#Cc1cccnc1N1CCC[C@H]1Cn1cncn1. The molecule has 0 spiro atoms. The summed E-state index contributed by atoms with van der Waals surface area (Å²) in [5, 5.41) is 13.3. The van der Waals surface area contributed by atoms with Crippen molar-refractivity contribution in [1.29, 1.82) is 5.26 Å². The van der Waals surface area contributed by atoms with Gasteiger partial charge in [0.15, 0.2) is 0 Å². The highest BCUT2D eigenvalue weighted by molar-refractivity contribution is 5.54. The van der Waals surface area contributed by atoms with Gasteiger partial charge in [-0.15, -0.1) is 0 Å². The number of nitriles is 1. The minimum atomic E-state index is 0.323. The Balaban J connectivity index is 1.85. The Bertz CT molecular complexity index is 585. The highest BCUT2D eigenvalue weighted by atomic mass is 15.3. The number of anilines is 1. The van der Waals surface area contributed by atoms with E-state index in [-0.39, 0.29) is 0 Å². The van der Waals surface area contributed by atoms with Crippen LogP contribution in [0.15, 0.2) is 31.0 Å². The molecule has 19 heavy (non-hydrogen) atoms. The Morgan fingerprint density at radius 3 is 3.21 bits per heavy atom. The van der Waals surface area contributed by atoms with Crippen LogP contribution >= 0.6 is 0 Å². The maximum atomic E-state index is 9.18. The maximum absolute atomic E-state index is 9.18. The molecule has 0 aromatic carbocycles. The first kappa shape index (κ1) is 11.7. The number of aromatic nitrogens is 4. The third-order valence-corrected chi connectivity index (χ3v) is 3.42. The third-order valence-electron chi connectivity index (χ3n) is 3.42. The number of pyridine rings is 1. The lowest BCUT2D eigenvalue weighted by molar-refractivity contribution is 0.506. The molecule has 3 heterocycles. The summed E-state index contributed by atoms with van der Waals surface area (Å²) in [6, 6.07) is 6.14. The predicted octanol–water partition coefficient (Wildman–Crippen LogP) is 1.21. The van der Waals surface area contributed by atoms with Gasteiger partial charge in [0, 0.05) is 12.7 Å². The smallest absolute Gasteiger partial charge is 0.146 e. The van der Waals surface area contributed by atoms with Crippen LogP contribution in [-0.4, -0.2) is 32.3 Å². The van der Waals surface area contributed by atoms with Crippen LogP contribution in [0.25, 0.3) is 0 Å². The van der Waals surface area contributed by atoms with Crippen molar-refractivity contribution in [2.45, 2.75) is 25.4 Å². The van der Waals surface area contributed by atoms with Gasteiger partial charge >= 0.3 is 0 Å². The molecule has 1 atom stereocenters. The van der Waals surface area contributed by atoms with E-state index in [4.69, 9.17) is 0 Å². The zero-order valence-electron chi connectivity index (χ0n) is 10.5. The molecule has 0 aliphatic carbocycles. The third kappa shape index (κ3) is 2.27. The van der Waals surface area contributed by atoms with Gasteiger partial charge in [-0.1, -0.05) is 0 Å². The standard InChI is InChI=1S/C13H14N6/c14-7-11-3-1-5-16-13(11)19-6-2-4-12(19)8-18-10-15-9-17-18/h1,3,5,9-10,12H,2,4,6,8H2/t12-/m0/s1. The molecule has 0 N–H and O–H groups in total. The Kier molecular flexibility index (Phi) is 3.11. The summed E-state index contributed by atoms with van der Waals surface area (Å²) in [5.74, 6) is 0.785. The van der Waals surface area contributed by atoms with E-state index in [1.165, 1.54) is 0 Å². The van der Waals surface area contributed by atoms with Crippen LogP contribution in [0.3, 0.4) is 0 Å². The molecule has 1 aliphatic rings. The van der Waals surface area contributed by atoms with Crippen LogP contribution in [0, 0.1) is 11.3 Å². The Morgan fingerprint density at radius 1 is 1.47 bits per heavy atom. The zero-order valence-corrected chi connectivity index (χ0v) is 10.5. The maximum Gasteiger partial charge on any atom is 0.146 e. The summed E-state index contributed by atoms with van der Waals surface area (Å²) in [5.41, 5.74) is 0.632. The van der Waals surface area contributed by atoms with E-state index in [2.05, 4.69) is 26.0 Å². The van der Waals surface area contributed by atoms with E-state index >= 15 is 0 Å². The average molecular weight is 254 g/mol. The lowest BCUT2D eigenvalue weighted by Gasteiger charge is -2.26. The second-order valence-electron chi connectivity index (χ2n) is 4.59. The molecule has 1 saturated heterocycles. The van der Waals surface area contributed by atoms with Crippen LogP contribution in [0.5, 0.6) is 0 Å². The average Bonchev–Trinajstić information content (AvgIpc) is 3.11. The molecule has 0 saturated carbocycles. The van der Waals surface area contributed by atoms with Crippen molar-refractivity contribution in [3.8, 4) is 6.07 Å². The molecule has 0 radical (unpaired) electrons. The first-order valence-corrected chi connectivity index (χ1v) is 6.32. The van der Waals surface area contributed by atoms with Crippen LogP contribution < -0.4 is 4.90 Å². The molecule has 3 rings (SSSR count). The minimum absolute atomic E-state index is 0.323. The molecule has 6 nitrogen and oxygen atoms in total. The van der Waals surface area contributed by atoms with Crippen molar-refractivity contribution in [2.75, 3.05) is 11.4 Å². The van der Waals surface area contributed by atoms with Crippen molar-refractivity contribution in [2.24, 2.45) is 0 Å². The van der Waals surface area contributed by atoms with Crippen molar-refractivity contribution in [1.82, 2.24) is 19.7 Å². The molecule has 2 aromatic heterocycles. The van der Waals surface area contributed by atoms with Gasteiger partial charge in [-0.05, 0) is 25.0 Å². The number of nitrogens with zero attached hydrogens (tertiary/aromatic N) is 6. The first-order chi connectivity index (χ1) is 9.38. The minimum Gasteiger partial charge on any atom is -0.351 e. The second kappa shape index (κ2) is 5.06. The van der Waals surface area contributed by atoms with E-state index in [9.17, 15) is 5.26 Å². The van der Waals surface area contributed by atoms with Crippen molar-refractivity contribution in [3.63, 3.8) is 0 Å². The van der Waals surface area contributed by atoms with Gasteiger partial charge in [-0.3, -0.25) is 4.68 Å². The zero-order chi connectivity index (χ0) is 13.1. The van der Waals surface area contributed by atoms with E-state index in [0.717, 1.165) is 31.7 Å². The molecule has 1 aliphatic heterocycles. The number of rotatable bonds is 3. The van der Waals surface area contributed by atoms with Crippen molar-refractivity contribution >= 4 is 5.82 Å². The molecule has 0 bridgehead atoms. The summed E-state index contributed by atoms with van der Waals surface area (Å²) < 4.78 is 1.83. The summed E-state index contributed by atoms with van der Waals surface area (Å²) in [6.07, 6.45) is 7.20. The van der Waals surface area contributed by atoms with Gasteiger partial charge in [0.2, 0.25) is 0 Å². The summed E-state index contributed by atoms with van der Waals surface area (Å²) in [6.45, 7) is 1.71. The number of hydrogen-bond donors (Lipinski definition) is 0. The predicted molar refractivity (Wildman–Crippen MR) is 69.3 cm³/mol. The van der Waals surface area contributed by atoms with Gasteiger partial charge in [0.25, 0.3) is 0 Å². The van der Waals surface area contributed by atoms with Gasteiger partial charge in [0.1, 0.15) is 24.5 Å².